The molecule has 1 amide bonds. The third kappa shape index (κ3) is 2.68. The first-order valence-corrected chi connectivity index (χ1v) is 7.56. The lowest BCUT2D eigenvalue weighted by Gasteiger charge is -2.43. The second-order valence-electron chi connectivity index (χ2n) is 5.98. The highest BCUT2D eigenvalue weighted by Gasteiger charge is 2.47. The molecule has 0 saturated heterocycles. The molecule has 3 rings (SSSR count). The van der Waals surface area contributed by atoms with Crippen LogP contribution in [0.2, 0.25) is 0 Å². The fourth-order valence-corrected chi connectivity index (χ4v) is 3.06. The third-order valence-corrected chi connectivity index (χ3v) is 4.35. The van der Waals surface area contributed by atoms with E-state index >= 15 is 0 Å². The Kier molecular flexibility index (Phi) is 3.93. The van der Waals surface area contributed by atoms with Gasteiger partial charge >= 0.3 is 0 Å². The number of primary amides is 1. The fraction of sp³-hybridized carbons (Fsp3) is 0.294. The van der Waals surface area contributed by atoms with Crippen molar-refractivity contribution in [1.29, 1.82) is 10.5 Å². The molecule has 0 atom stereocenters. The highest BCUT2D eigenvalue weighted by atomic mass is 16.1. The predicted octanol–water partition coefficient (Wildman–Crippen LogP) is 2.27. The molecule has 1 aromatic heterocycles. The summed E-state index contributed by atoms with van der Waals surface area (Å²) in [6, 6.07) is 13.7. The summed E-state index contributed by atoms with van der Waals surface area (Å²) in [4.78, 5) is 11.7. The number of para-hydroxylation sites is 1. The zero-order valence-corrected chi connectivity index (χ0v) is 12.9. The number of benzene rings is 1. The number of hydrogen-bond acceptors (Lipinski definition) is 5. The largest absolute Gasteiger partial charge is 0.365 e. The summed E-state index contributed by atoms with van der Waals surface area (Å²) < 4.78 is 1.62. The molecular formula is C17H16N6O. The molecule has 1 saturated carbocycles. The Balaban J connectivity index is 1.96. The van der Waals surface area contributed by atoms with E-state index in [1.165, 1.54) is 0 Å². The molecule has 24 heavy (non-hydrogen) atoms. The van der Waals surface area contributed by atoms with Crippen molar-refractivity contribution in [3.05, 3.63) is 42.1 Å². The van der Waals surface area contributed by atoms with Gasteiger partial charge in [0.25, 0.3) is 5.91 Å². The van der Waals surface area contributed by atoms with E-state index in [2.05, 4.69) is 22.6 Å². The molecule has 1 fully saturated rings. The van der Waals surface area contributed by atoms with Crippen LogP contribution in [0.15, 0.2) is 36.5 Å². The van der Waals surface area contributed by atoms with Gasteiger partial charge in [-0.2, -0.15) is 15.6 Å². The van der Waals surface area contributed by atoms with Crippen LogP contribution in [0.4, 0.5) is 11.5 Å². The minimum Gasteiger partial charge on any atom is -0.365 e. The molecule has 120 valence electrons. The third-order valence-electron chi connectivity index (χ3n) is 4.35. The van der Waals surface area contributed by atoms with Crippen molar-refractivity contribution < 1.29 is 4.79 Å². The lowest BCUT2D eigenvalue weighted by Crippen LogP contribution is -2.46. The van der Waals surface area contributed by atoms with Gasteiger partial charge < -0.3 is 11.1 Å². The van der Waals surface area contributed by atoms with Crippen molar-refractivity contribution in [2.75, 3.05) is 5.32 Å². The standard InChI is InChI=1S/C17H16N6O/c18-7-6-17(8-12(9-17)10-19)23-11-14(15(20)24)16(22-23)21-13-4-2-1-3-5-13/h1-5,11-12H,6,8-9H2,(H2,20,24)(H,21,22). The van der Waals surface area contributed by atoms with E-state index in [0.717, 1.165) is 5.69 Å². The maximum absolute atomic E-state index is 11.7. The minimum absolute atomic E-state index is 0.0925. The Hall–Kier alpha value is -3.32. The van der Waals surface area contributed by atoms with Crippen LogP contribution in [0, 0.1) is 28.6 Å². The number of amides is 1. The quantitative estimate of drug-likeness (QED) is 0.875. The molecular weight excluding hydrogens is 304 g/mol. The van der Waals surface area contributed by atoms with Gasteiger partial charge in [0.05, 0.1) is 30.0 Å². The number of hydrogen-bond donors (Lipinski definition) is 2. The summed E-state index contributed by atoms with van der Waals surface area (Å²) in [5.74, 6) is -0.334. The maximum atomic E-state index is 11.7. The molecule has 7 heteroatoms. The van der Waals surface area contributed by atoms with Crippen molar-refractivity contribution in [2.24, 2.45) is 11.7 Å². The zero-order chi connectivity index (χ0) is 17.2. The van der Waals surface area contributed by atoms with Gasteiger partial charge in [-0.05, 0) is 25.0 Å². The van der Waals surface area contributed by atoms with Gasteiger partial charge in [-0.15, -0.1) is 0 Å². The van der Waals surface area contributed by atoms with Crippen LogP contribution < -0.4 is 11.1 Å². The predicted molar refractivity (Wildman–Crippen MR) is 87.0 cm³/mol. The van der Waals surface area contributed by atoms with Crippen molar-refractivity contribution in [3.8, 4) is 12.1 Å². The number of aromatic nitrogens is 2. The van der Waals surface area contributed by atoms with Crippen LogP contribution in [-0.2, 0) is 5.54 Å². The lowest BCUT2D eigenvalue weighted by molar-refractivity contribution is 0.0880. The number of nitrogens with zero attached hydrogens (tertiary/aromatic N) is 4. The smallest absolute Gasteiger partial charge is 0.254 e. The Morgan fingerprint density at radius 2 is 2.08 bits per heavy atom. The molecule has 0 bridgehead atoms. The van der Waals surface area contributed by atoms with Crippen molar-refractivity contribution in [2.45, 2.75) is 24.8 Å². The highest BCUT2D eigenvalue weighted by Crippen LogP contribution is 2.46. The summed E-state index contributed by atoms with van der Waals surface area (Å²) in [6.07, 6.45) is 2.89. The van der Waals surface area contributed by atoms with Crippen molar-refractivity contribution in [3.63, 3.8) is 0 Å². The average molecular weight is 320 g/mol. The Morgan fingerprint density at radius 3 is 2.67 bits per heavy atom. The molecule has 0 radical (unpaired) electrons. The molecule has 1 aliphatic rings. The summed E-state index contributed by atoms with van der Waals surface area (Å²) in [6.45, 7) is 0. The van der Waals surface area contributed by atoms with E-state index in [4.69, 9.17) is 16.3 Å². The van der Waals surface area contributed by atoms with Gasteiger partial charge in [-0.25, -0.2) is 0 Å². The minimum atomic E-state index is -0.594. The first-order chi connectivity index (χ1) is 11.6. The number of carbonyl (C=O) groups excluding carboxylic acids is 1. The average Bonchev–Trinajstić information content (AvgIpc) is 2.96. The lowest BCUT2D eigenvalue weighted by atomic mass is 9.67. The van der Waals surface area contributed by atoms with Gasteiger partial charge in [0.15, 0.2) is 5.82 Å². The number of nitrogens with one attached hydrogen (secondary N) is 1. The Morgan fingerprint density at radius 1 is 1.38 bits per heavy atom. The second kappa shape index (κ2) is 6.05. The summed E-state index contributed by atoms with van der Waals surface area (Å²) in [5, 5.41) is 25.7. The van der Waals surface area contributed by atoms with E-state index in [9.17, 15) is 4.79 Å². The highest BCUT2D eigenvalue weighted by molar-refractivity contribution is 5.98. The van der Waals surface area contributed by atoms with Gasteiger partial charge in [0.1, 0.15) is 5.56 Å². The summed E-state index contributed by atoms with van der Waals surface area (Å²) in [7, 11) is 0. The van der Waals surface area contributed by atoms with Crippen LogP contribution in [0.5, 0.6) is 0 Å². The zero-order valence-electron chi connectivity index (χ0n) is 12.9. The molecule has 0 spiro atoms. The van der Waals surface area contributed by atoms with Gasteiger partial charge in [0.2, 0.25) is 0 Å². The van der Waals surface area contributed by atoms with Gasteiger partial charge in [0, 0.05) is 11.9 Å². The van der Waals surface area contributed by atoms with E-state index in [1.807, 2.05) is 30.3 Å². The molecule has 0 aliphatic heterocycles. The molecule has 2 aromatic rings. The van der Waals surface area contributed by atoms with E-state index < -0.39 is 11.4 Å². The van der Waals surface area contributed by atoms with Crippen LogP contribution in [-0.4, -0.2) is 15.7 Å². The Bertz CT molecular complexity index is 836. The van der Waals surface area contributed by atoms with Crippen LogP contribution in [0.25, 0.3) is 0 Å². The summed E-state index contributed by atoms with van der Waals surface area (Å²) >= 11 is 0. The van der Waals surface area contributed by atoms with Gasteiger partial charge in [-0.3, -0.25) is 9.48 Å². The van der Waals surface area contributed by atoms with Crippen LogP contribution in [0.1, 0.15) is 29.6 Å². The Labute approximate surface area is 139 Å². The molecule has 7 nitrogen and oxygen atoms in total. The van der Waals surface area contributed by atoms with Crippen molar-refractivity contribution in [1.82, 2.24) is 9.78 Å². The SMILES string of the molecule is N#CCC1(n2cc(C(N)=O)c(Nc3ccccc3)n2)CC(C#N)C1. The van der Waals surface area contributed by atoms with E-state index in [1.54, 1.807) is 10.9 Å². The molecule has 1 heterocycles. The topological polar surface area (TPSA) is 121 Å². The molecule has 0 unspecified atom stereocenters. The molecule has 1 aliphatic carbocycles. The van der Waals surface area contributed by atoms with Crippen LogP contribution >= 0.6 is 0 Å². The number of nitriles is 2. The fourth-order valence-electron chi connectivity index (χ4n) is 3.06. The number of carbonyl (C=O) groups is 1. The maximum Gasteiger partial charge on any atom is 0.254 e. The number of anilines is 2. The van der Waals surface area contributed by atoms with E-state index in [-0.39, 0.29) is 17.9 Å². The van der Waals surface area contributed by atoms with E-state index in [0.29, 0.717) is 18.7 Å². The monoisotopic (exact) mass is 320 g/mol. The van der Waals surface area contributed by atoms with Gasteiger partial charge in [-0.1, -0.05) is 18.2 Å². The molecule has 3 N–H and O–H groups in total. The first kappa shape index (κ1) is 15.6. The van der Waals surface area contributed by atoms with Crippen molar-refractivity contribution >= 4 is 17.4 Å². The second-order valence-corrected chi connectivity index (χ2v) is 5.98. The summed E-state index contributed by atoms with van der Waals surface area (Å²) in [5.41, 5.74) is 5.96. The first-order valence-electron chi connectivity index (χ1n) is 7.56. The number of nitrogens with two attached hydrogens (primary N) is 1. The normalized spacial score (nSPS) is 22.0. The number of rotatable bonds is 5. The molecule has 1 aromatic carbocycles. The van der Waals surface area contributed by atoms with Crippen LogP contribution in [0.3, 0.4) is 0 Å².